The van der Waals surface area contributed by atoms with Crippen LogP contribution in [0.1, 0.15) is 48.9 Å². The number of rotatable bonds is 5. The highest BCUT2D eigenvalue weighted by molar-refractivity contribution is 6.04. The molecule has 1 N–H and O–H groups in total. The summed E-state index contributed by atoms with van der Waals surface area (Å²) in [6.45, 7) is 0.523. The molecule has 0 unspecified atom stereocenters. The average Bonchev–Trinajstić information content (AvgIpc) is 2.69. The summed E-state index contributed by atoms with van der Waals surface area (Å²) in [6.07, 6.45) is 7.97. The van der Waals surface area contributed by atoms with E-state index >= 15 is 0 Å². The minimum atomic E-state index is -0.443. The quantitative estimate of drug-likeness (QED) is 0.789. The number of amides is 1. The molecule has 28 heavy (non-hydrogen) atoms. The fourth-order valence-electron chi connectivity index (χ4n) is 6.46. The Morgan fingerprint density at radius 1 is 0.929 bits per heavy atom. The Hall–Kier alpha value is -2.36. The normalized spacial score (nSPS) is 30.4. The summed E-state index contributed by atoms with van der Waals surface area (Å²) in [4.78, 5) is 24.8. The predicted molar refractivity (Wildman–Crippen MR) is 108 cm³/mol. The van der Waals surface area contributed by atoms with Gasteiger partial charge in [0.1, 0.15) is 0 Å². The lowest BCUT2D eigenvalue weighted by Gasteiger charge is -2.56. The van der Waals surface area contributed by atoms with Crippen LogP contribution in [0.2, 0.25) is 0 Å². The van der Waals surface area contributed by atoms with Gasteiger partial charge in [0.2, 0.25) is 0 Å². The van der Waals surface area contributed by atoms with Crippen molar-refractivity contribution in [2.45, 2.75) is 38.5 Å². The van der Waals surface area contributed by atoms with Crippen LogP contribution in [-0.4, -0.2) is 25.0 Å². The summed E-state index contributed by atoms with van der Waals surface area (Å²) in [6, 6.07) is 13.3. The molecule has 2 aromatic rings. The van der Waals surface area contributed by atoms with E-state index in [9.17, 15) is 9.59 Å². The van der Waals surface area contributed by atoms with Crippen LogP contribution in [0, 0.1) is 23.2 Å². The van der Waals surface area contributed by atoms with E-state index in [0.717, 1.165) is 35.1 Å². The molecule has 0 aliphatic heterocycles. The van der Waals surface area contributed by atoms with Gasteiger partial charge in [-0.2, -0.15) is 0 Å². The third kappa shape index (κ3) is 3.30. The van der Waals surface area contributed by atoms with Crippen LogP contribution in [0.5, 0.6) is 0 Å². The summed E-state index contributed by atoms with van der Waals surface area (Å²) < 4.78 is 5.32. The van der Waals surface area contributed by atoms with Crippen LogP contribution in [-0.2, 0) is 9.53 Å². The van der Waals surface area contributed by atoms with Crippen molar-refractivity contribution in [1.82, 2.24) is 5.32 Å². The zero-order chi connectivity index (χ0) is 19.1. The molecule has 4 bridgehead atoms. The molecule has 1 amide bonds. The van der Waals surface area contributed by atoms with E-state index < -0.39 is 5.97 Å². The van der Waals surface area contributed by atoms with Gasteiger partial charge in [-0.05, 0) is 78.5 Å². The summed E-state index contributed by atoms with van der Waals surface area (Å²) in [5.41, 5.74) is 0.802. The number of carbonyl (C=O) groups excluding carboxylic acids is 2. The van der Waals surface area contributed by atoms with Crippen LogP contribution < -0.4 is 5.32 Å². The van der Waals surface area contributed by atoms with E-state index in [4.69, 9.17) is 4.74 Å². The first-order valence-electron chi connectivity index (χ1n) is 10.5. The summed E-state index contributed by atoms with van der Waals surface area (Å²) >= 11 is 0. The number of fused-ring (bicyclic) bond motifs is 1. The molecule has 0 saturated heterocycles. The lowest BCUT2D eigenvalue weighted by molar-refractivity contribution is -0.126. The maximum absolute atomic E-state index is 12.5. The van der Waals surface area contributed by atoms with Crippen molar-refractivity contribution >= 4 is 22.6 Å². The Balaban J connectivity index is 1.17. The van der Waals surface area contributed by atoms with Gasteiger partial charge in [0, 0.05) is 6.54 Å². The molecule has 2 aromatic carbocycles. The van der Waals surface area contributed by atoms with E-state index in [2.05, 4.69) is 5.32 Å². The van der Waals surface area contributed by atoms with E-state index in [1.165, 1.54) is 38.5 Å². The molecule has 6 rings (SSSR count). The van der Waals surface area contributed by atoms with Crippen LogP contribution in [0.4, 0.5) is 0 Å². The number of hydrogen-bond acceptors (Lipinski definition) is 3. The second-order valence-corrected chi connectivity index (χ2v) is 9.30. The lowest BCUT2D eigenvalue weighted by atomic mass is 9.49. The Morgan fingerprint density at radius 2 is 1.57 bits per heavy atom. The minimum absolute atomic E-state index is 0.190. The smallest absolute Gasteiger partial charge is 0.339 e. The van der Waals surface area contributed by atoms with Gasteiger partial charge in [-0.15, -0.1) is 0 Å². The van der Waals surface area contributed by atoms with Crippen molar-refractivity contribution in [2.75, 3.05) is 13.2 Å². The van der Waals surface area contributed by atoms with Gasteiger partial charge >= 0.3 is 5.97 Å². The highest BCUT2D eigenvalue weighted by atomic mass is 16.5. The van der Waals surface area contributed by atoms with Crippen molar-refractivity contribution in [3.05, 3.63) is 48.0 Å². The van der Waals surface area contributed by atoms with E-state index in [1.54, 1.807) is 6.07 Å². The average molecular weight is 377 g/mol. The van der Waals surface area contributed by atoms with E-state index in [0.29, 0.717) is 11.0 Å². The van der Waals surface area contributed by atoms with Gasteiger partial charge in [0.05, 0.1) is 5.56 Å². The first kappa shape index (κ1) is 17.7. The molecular formula is C24H27NO3. The lowest BCUT2D eigenvalue weighted by Crippen LogP contribution is -2.51. The monoisotopic (exact) mass is 377 g/mol. The van der Waals surface area contributed by atoms with Crippen molar-refractivity contribution in [3.63, 3.8) is 0 Å². The minimum Gasteiger partial charge on any atom is -0.452 e. The fraction of sp³-hybridized carbons (Fsp3) is 0.500. The number of ether oxygens (including phenoxy) is 1. The Kier molecular flexibility index (Phi) is 4.37. The third-order valence-electron chi connectivity index (χ3n) is 7.17. The Labute approximate surface area is 165 Å². The summed E-state index contributed by atoms with van der Waals surface area (Å²) in [5, 5.41) is 4.91. The highest BCUT2D eigenvalue weighted by Crippen LogP contribution is 2.59. The van der Waals surface area contributed by atoms with Crippen molar-refractivity contribution < 1.29 is 14.3 Å². The van der Waals surface area contributed by atoms with Crippen LogP contribution in [0.3, 0.4) is 0 Å². The fourth-order valence-corrected chi connectivity index (χ4v) is 6.46. The van der Waals surface area contributed by atoms with Crippen molar-refractivity contribution in [2.24, 2.45) is 23.2 Å². The maximum Gasteiger partial charge on any atom is 0.339 e. The van der Waals surface area contributed by atoms with Gasteiger partial charge in [0.25, 0.3) is 5.91 Å². The van der Waals surface area contributed by atoms with Gasteiger partial charge in [-0.25, -0.2) is 4.79 Å². The molecule has 0 aromatic heterocycles. The van der Waals surface area contributed by atoms with Crippen LogP contribution >= 0.6 is 0 Å². The van der Waals surface area contributed by atoms with Gasteiger partial charge < -0.3 is 10.1 Å². The predicted octanol–water partition coefficient (Wildman–Crippen LogP) is 4.33. The summed E-state index contributed by atoms with van der Waals surface area (Å²) in [7, 11) is 0. The first-order valence-corrected chi connectivity index (χ1v) is 10.5. The van der Waals surface area contributed by atoms with Crippen LogP contribution in [0.15, 0.2) is 42.5 Å². The standard InChI is InChI=1S/C24H27NO3/c26-22(25-15-24-11-16-8-17(12-24)10-18(9-16)13-24)14-28-23(27)21-7-3-5-19-4-1-2-6-20(19)21/h1-7,16-18H,8-15H2,(H,25,26). The number of nitrogens with one attached hydrogen (secondary N) is 1. The molecular weight excluding hydrogens is 350 g/mol. The number of hydrogen-bond donors (Lipinski definition) is 1. The second-order valence-electron chi connectivity index (χ2n) is 9.30. The zero-order valence-corrected chi connectivity index (χ0v) is 16.2. The van der Waals surface area contributed by atoms with E-state index in [1.807, 2.05) is 36.4 Å². The number of esters is 1. The molecule has 4 heteroatoms. The van der Waals surface area contributed by atoms with E-state index in [-0.39, 0.29) is 12.5 Å². The summed E-state index contributed by atoms with van der Waals surface area (Å²) in [5.74, 6) is 1.97. The molecule has 4 aliphatic carbocycles. The molecule has 4 nitrogen and oxygen atoms in total. The Morgan fingerprint density at radius 3 is 2.29 bits per heavy atom. The molecule has 0 radical (unpaired) electrons. The molecule has 4 aliphatic rings. The van der Waals surface area contributed by atoms with Gasteiger partial charge in [-0.1, -0.05) is 36.4 Å². The molecule has 0 atom stereocenters. The molecule has 146 valence electrons. The number of benzene rings is 2. The SMILES string of the molecule is O=C(COC(=O)c1cccc2ccccc12)NCC12CC3CC(CC(C3)C1)C2. The molecule has 4 fully saturated rings. The number of carbonyl (C=O) groups is 2. The van der Waals surface area contributed by atoms with Crippen LogP contribution in [0.25, 0.3) is 10.8 Å². The van der Waals surface area contributed by atoms with Gasteiger partial charge in [0.15, 0.2) is 6.61 Å². The van der Waals surface area contributed by atoms with Crippen molar-refractivity contribution in [1.29, 1.82) is 0 Å². The zero-order valence-electron chi connectivity index (χ0n) is 16.2. The largest absolute Gasteiger partial charge is 0.452 e. The molecule has 0 spiro atoms. The second kappa shape index (κ2) is 6.91. The highest BCUT2D eigenvalue weighted by Gasteiger charge is 2.50. The van der Waals surface area contributed by atoms with Gasteiger partial charge in [-0.3, -0.25) is 4.79 Å². The molecule has 4 saturated carbocycles. The first-order chi connectivity index (χ1) is 13.6. The topological polar surface area (TPSA) is 55.4 Å². The van der Waals surface area contributed by atoms with Crippen molar-refractivity contribution in [3.8, 4) is 0 Å². The Bertz CT molecular complexity index is 878. The maximum atomic E-state index is 12.5. The third-order valence-corrected chi connectivity index (χ3v) is 7.17. The molecule has 0 heterocycles.